The highest BCUT2D eigenvalue weighted by molar-refractivity contribution is 5.79. The summed E-state index contributed by atoms with van der Waals surface area (Å²) in [5, 5.41) is 32.1. The van der Waals surface area contributed by atoms with Crippen molar-refractivity contribution in [2.45, 2.75) is 584 Å². The summed E-state index contributed by atoms with van der Waals surface area (Å²) in [4.78, 5) is 88.1. The lowest BCUT2D eigenvalue weighted by Gasteiger charge is -2.47. The number of aliphatic hydroxyl groups is 2. The van der Waals surface area contributed by atoms with Gasteiger partial charge >= 0.3 is 23.9 Å². The zero-order chi connectivity index (χ0) is 98.1. The van der Waals surface area contributed by atoms with Gasteiger partial charge in [-0.3, -0.25) is 28.8 Å². The lowest BCUT2D eigenvalue weighted by Crippen LogP contribution is -2.67. The molecule has 20 heteroatoms. The fourth-order valence-corrected chi connectivity index (χ4v) is 19.2. The van der Waals surface area contributed by atoms with Crippen LogP contribution in [0.3, 0.4) is 0 Å². The highest BCUT2D eigenvalue weighted by Gasteiger charge is 2.52. The predicted octanol–water partition coefficient (Wildman–Crippen LogP) is 28.8. The Bertz CT molecular complexity index is 3350. The molecule has 2 amide bonds. The Kier molecular flexibility index (Phi) is 74.2. The molecule has 2 aliphatic heterocycles. The number of rotatable bonds is 91. The maximum Gasteiger partial charge on any atom is 0.310 e. The standard InChI is InChI=1S/C117H198N2O18/c1-7-13-19-25-31-37-39-40-42-48-54-59-74-85-106(122)132-99(82-70-55-49-43-33-27-21-15-9-3)88-104(120)118-110-115(130-93-98-80-68-63-69-81-98)113(129-92-97-78-66-62-67-79-97)103(135-116(110)127)95-131-117-111(119-105(121)89-100(83-71-56-50-44-34-28-22-16-10-4)133-107(123)86-73-58-52-46-36-30-24-18-12-6)114(112(126)102(136-117)94-128-91-96-76-64-61-65-77-96)137-109(125)90-101(84-72-57-51-45-35-29-23-17-11-5)134-108(124)87-75-60-53-47-41-38-32-26-20-14-8-2/h61-69,76-81,99-103,110-117,126-127H,7-60,70-75,82-95H2,1-6H3,(H,118,120)(H,119,121)/t99-,100-,101-,102-,103-,110-,111-,112-,113-,114-,115-,116-,117-/m1/s1. The van der Waals surface area contributed by atoms with Crippen LogP contribution in [0.4, 0.5) is 0 Å². The van der Waals surface area contributed by atoms with E-state index in [9.17, 15) is 24.6 Å². The van der Waals surface area contributed by atoms with E-state index in [4.69, 9.17) is 47.4 Å². The van der Waals surface area contributed by atoms with Gasteiger partial charge < -0.3 is 68.2 Å². The molecule has 0 spiro atoms. The average molecular weight is 1920 g/mol. The molecule has 0 aromatic heterocycles. The van der Waals surface area contributed by atoms with Crippen molar-refractivity contribution >= 4 is 35.7 Å². The number of ether oxygens (including phenoxy) is 10. The Morgan fingerprint density at radius 2 is 0.577 bits per heavy atom. The number of benzene rings is 3. The van der Waals surface area contributed by atoms with Crippen LogP contribution in [0.1, 0.15) is 501 Å². The number of aliphatic hydroxyl groups excluding tert-OH is 2. The Morgan fingerprint density at radius 3 is 0.905 bits per heavy atom. The van der Waals surface area contributed by atoms with Crippen LogP contribution in [0.25, 0.3) is 0 Å². The molecule has 2 saturated heterocycles. The van der Waals surface area contributed by atoms with Gasteiger partial charge in [0.05, 0.1) is 52.3 Å². The molecule has 0 bridgehead atoms. The third-order valence-electron chi connectivity index (χ3n) is 27.6. The number of hydrogen-bond donors (Lipinski definition) is 4. The lowest BCUT2D eigenvalue weighted by molar-refractivity contribution is -0.308. The first-order valence-corrected chi connectivity index (χ1v) is 56.8. The van der Waals surface area contributed by atoms with Gasteiger partial charge in [-0.2, -0.15) is 0 Å². The summed E-state index contributed by atoms with van der Waals surface area (Å²) in [6.45, 7) is 12.9. The smallest absolute Gasteiger partial charge is 0.310 e. The molecule has 137 heavy (non-hydrogen) atoms. The van der Waals surface area contributed by atoms with Crippen molar-refractivity contribution in [1.29, 1.82) is 0 Å². The minimum absolute atomic E-state index is 0.0180. The first-order valence-electron chi connectivity index (χ1n) is 56.8. The molecule has 2 heterocycles. The highest BCUT2D eigenvalue weighted by atomic mass is 16.7. The molecule has 2 fully saturated rings. The summed E-state index contributed by atoms with van der Waals surface area (Å²) in [7, 11) is 0. The Hall–Kier alpha value is -5.84. The van der Waals surface area contributed by atoms with Gasteiger partial charge in [0.2, 0.25) is 11.8 Å². The van der Waals surface area contributed by atoms with Crippen molar-refractivity contribution in [2.75, 3.05) is 13.2 Å². The van der Waals surface area contributed by atoms with Crippen molar-refractivity contribution in [3.05, 3.63) is 108 Å². The summed E-state index contributed by atoms with van der Waals surface area (Å²) in [6.07, 6.45) is 54.0. The summed E-state index contributed by atoms with van der Waals surface area (Å²) < 4.78 is 66.8. The summed E-state index contributed by atoms with van der Waals surface area (Å²) >= 11 is 0. The molecule has 3 aromatic rings. The van der Waals surface area contributed by atoms with E-state index in [2.05, 4.69) is 52.2 Å². The van der Waals surface area contributed by atoms with E-state index in [1.54, 1.807) is 0 Å². The fourth-order valence-electron chi connectivity index (χ4n) is 19.2. The molecule has 0 unspecified atom stereocenters. The number of carbonyl (C=O) groups excluding carboxylic acids is 6. The molecule has 2 aliphatic rings. The Labute approximate surface area is 832 Å². The molecule has 20 nitrogen and oxygen atoms in total. The molecule has 13 atom stereocenters. The third-order valence-corrected chi connectivity index (χ3v) is 27.6. The van der Waals surface area contributed by atoms with E-state index in [0.29, 0.717) is 51.4 Å². The zero-order valence-electron chi connectivity index (χ0n) is 87.4. The minimum Gasteiger partial charge on any atom is -0.462 e. The van der Waals surface area contributed by atoms with Gasteiger partial charge in [-0.05, 0) is 74.5 Å². The summed E-state index contributed by atoms with van der Waals surface area (Å²) in [5.74, 6) is -2.95. The number of unbranched alkanes of at least 4 members (excludes halogenated alkanes) is 54. The van der Waals surface area contributed by atoms with Crippen LogP contribution in [0.5, 0.6) is 0 Å². The topological polar surface area (TPSA) is 259 Å². The van der Waals surface area contributed by atoms with Gasteiger partial charge in [-0.1, -0.05) is 479 Å². The lowest BCUT2D eigenvalue weighted by atomic mass is 9.94. The van der Waals surface area contributed by atoms with E-state index in [0.717, 1.165) is 152 Å². The van der Waals surface area contributed by atoms with Crippen LogP contribution in [-0.4, -0.2) is 139 Å². The number of nitrogens with one attached hydrogen (secondary N) is 2. The van der Waals surface area contributed by atoms with Crippen molar-refractivity contribution in [3.63, 3.8) is 0 Å². The number of carbonyl (C=O) groups is 6. The van der Waals surface area contributed by atoms with Crippen LogP contribution in [0.2, 0.25) is 0 Å². The number of esters is 4. The normalized spacial score (nSPS) is 18.9. The number of hydrogen-bond acceptors (Lipinski definition) is 18. The molecule has 5 rings (SSSR count). The maximum atomic E-state index is 15.5. The van der Waals surface area contributed by atoms with Crippen LogP contribution in [0, 0.1) is 0 Å². The zero-order valence-corrected chi connectivity index (χ0v) is 87.4. The molecular formula is C117H198N2O18. The second kappa shape index (κ2) is 83.6. The van der Waals surface area contributed by atoms with Crippen molar-refractivity contribution in [2.24, 2.45) is 0 Å². The summed E-state index contributed by atoms with van der Waals surface area (Å²) in [6, 6.07) is 26.0. The largest absolute Gasteiger partial charge is 0.462 e. The van der Waals surface area contributed by atoms with Crippen LogP contribution in [0.15, 0.2) is 91.0 Å². The van der Waals surface area contributed by atoms with Crippen LogP contribution in [-0.2, 0) is 96.0 Å². The third kappa shape index (κ3) is 61.0. The summed E-state index contributed by atoms with van der Waals surface area (Å²) in [5.41, 5.74) is 2.45. The maximum absolute atomic E-state index is 15.5. The molecule has 4 N–H and O–H groups in total. The van der Waals surface area contributed by atoms with Crippen LogP contribution >= 0.6 is 0 Å². The second-order valence-electron chi connectivity index (χ2n) is 40.3. The van der Waals surface area contributed by atoms with Crippen molar-refractivity contribution in [3.8, 4) is 0 Å². The van der Waals surface area contributed by atoms with Gasteiger partial charge in [0.1, 0.15) is 60.9 Å². The minimum atomic E-state index is -1.76. The number of amides is 2. The molecular weight excluding hydrogens is 1720 g/mol. The van der Waals surface area contributed by atoms with Crippen molar-refractivity contribution in [1.82, 2.24) is 10.6 Å². The fraction of sp³-hybridized carbons (Fsp3) is 0.795. The van der Waals surface area contributed by atoms with Gasteiger partial charge in [0.15, 0.2) is 18.7 Å². The van der Waals surface area contributed by atoms with Gasteiger partial charge in [0.25, 0.3) is 0 Å². The quantitative estimate of drug-likeness (QED) is 0.0233. The van der Waals surface area contributed by atoms with Crippen LogP contribution < -0.4 is 10.6 Å². The molecule has 3 aromatic carbocycles. The van der Waals surface area contributed by atoms with Crippen molar-refractivity contribution < 1.29 is 86.3 Å². The Balaban J connectivity index is 1.55. The van der Waals surface area contributed by atoms with E-state index in [-0.39, 0.29) is 82.9 Å². The highest BCUT2D eigenvalue weighted by Crippen LogP contribution is 2.34. The Morgan fingerprint density at radius 1 is 0.292 bits per heavy atom. The van der Waals surface area contributed by atoms with Gasteiger partial charge in [0, 0.05) is 19.3 Å². The predicted molar refractivity (Wildman–Crippen MR) is 554 cm³/mol. The molecule has 0 saturated carbocycles. The first-order chi connectivity index (χ1) is 67.2. The average Bonchev–Trinajstić information content (AvgIpc) is 0.773. The SMILES string of the molecule is CCCCCCCCCCCCCCCC(=O)O[C@H](CCCCCCCCCCC)CC(=O)N[C@@H]1[C@@H](OCc2ccccc2)[C@H](OCc2ccccc2)[C@@H](CO[C@@H]2O[C@H](COCc3ccccc3)[C@@H](O)[C@H](OC(=O)C[C@@H](CCCCCCCCCCC)OC(=O)CCCCCCCCCCCCC)[C@H]2NC(=O)C[C@@H](CCCCCCCCCCC)OC(=O)CCCCCCCCCCC)O[C@H]1O. The molecule has 784 valence electrons. The van der Waals surface area contributed by atoms with E-state index >= 15 is 14.4 Å². The molecule has 0 radical (unpaired) electrons. The van der Waals surface area contributed by atoms with E-state index in [1.807, 2.05) is 91.0 Å². The molecule has 0 aliphatic carbocycles. The van der Waals surface area contributed by atoms with E-state index in [1.165, 1.54) is 218 Å². The first kappa shape index (κ1) is 122. The van der Waals surface area contributed by atoms with Gasteiger partial charge in [-0.25, -0.2) is 0 Å². The monoisotopic (exact) mass is 1920 g/mol. The van der Waals surface area contributed by atoms with Gasteiger partial charge in [-0.15, -0.1) is 0 Å². The van der Waals surface area contributed by atoms with E-state index < -0.39 is 104 Å². The second-order valence-corrected chi connectivity index (χ2v) is 40.3.